The van der Waals surface area contributed by atoms with E-state index in [9.17, 15) is 9.59 Å². The van der Waals surface area contributed by atoms with Crippen molar-refractivity contribution in [1.82, 2.24) is 15.1 Å². The fraction of sp³-hybridized carbons (Fsp3) is 0.556. The lowest BCUT2D eigenvalue weighted by Crippen LogP contribution is -2.49. The van der Waals surface area contributed by atoms with Crippen molar-refractivity contribution in [3.63, 3.8) is 0 Å². The third-order valence-electron chi connectivity index (χ3n) is 4.81. The molecule has 5 nitrogen and oxygen atoms in total. The number of amides is 2. The summed E-state index contributed by atoms with van der Waals surface area (Å²) in [6, 6.07) is 10.6. The fourth-order valence-electron chi connectivity index (χ4n) is 3.52. The summed E-state index contributed by atoms with van der Waals surface area (Å²) in [6.07, 6.45) is 2.47. The van der Waals surface area contributed by atoms with Crippen LogP contribution in [0.15, 0.2) is 30.3 Å². The molecule has 2 heterocycles. The monoisotopic (exact) mass is 315 g/mol. The average molecular weight is 315 g/mol. The summed E-state index contributed by atoms with van der Waals surface area (Å²) in [6.45, 7) is 3.44. The molecule has 124 valence electrons. The Balaban J connectivity index is 1.50. The van der Waals surface area contributed by atoms with Gasteiger partial charge < -0.3 is 10.2 Å². The first-order chi connectivity index (χ1) is 11.1. The molecule has 2 saturated heterocycles. The minimum absolute atomic E-state index is 0.0364. The van der Waals surface area contributed by atoms with Crippen molar-refractivity contribution in [2.45, 2.75) is 31.8 Å². The van der Waals surface area contributed by atoms with Gasteiger partial charge in [0.05, 0.1) is 5.92 Å². The standard InChI is InChI=1S/C18H25N3O2/c1-20-12-15(10-17(20)22)18(23)19-16-8-5-9-21(13-16)11-14-6-3-2-4-7-14/h2-4,6-7,15-16H,5,8-13H2,1H3,(H,19,23)/t15-,16+/m1/s1. The molecule has 1 aromatic rings. The topological polar surface area (TPSA) is 52.7 Å². The van der Waals surface area contributed by atoms with Crippen molar-refractivity contribution < 1.29 is 9.59 Å². The molecule has 0 radical (unpaired) electrons. The van der Waals surface area contributed by atoms with Gasteiger partial charge in [-0.2, -0.15) is 0 Å². The Kier molecular flexibility index (Phi) is 4.96. The van der Waals surface area contributed by atoms with Crippen molar-refractivity contribution in [3.8, 4) is 0 Å². The van der Waals surface area contributed by atoms with Gasteiger partial charge in [-0.3, -0.25) is 14.5 Å². The quantitative estimate of drug-likeness (QED) is 0.910. The first-order valence-electron chi connectivity index (χ1n) is 8.42. The Morgan fingerprint density at radius 1 is 1.26 bits per heavy atom. The van der Waals surface area contributed by atoms with Crippen LogP contribution >= 0.6 is 0 Å². The van der Waals surface area contributed by atoms with Gasteiger partial charge in [-0.1, -0.05) is 30.3 Å². The lowest BCUT2D eigenvalue weighted by molar-refractivity contribution is -0.128. The third kappa shape index (κ3) is 4.10. The van der Waals surface area contributed by atoms with Crippen LogP contribution in [-0.2, 0) is 16.1 Å². The van der Waals surface area contributed by atoms with Crippen LogP contribution in [0.3, 0.4) is 0 Å². The van der Waals surface area contributed by atoms with Gasteiger partial charge in [0.1, 0.15) is 0 Å². The molecule has 0 saturated carbocycles. The molecule has 0 spiro atoms. The van der Waals surface area contributed by atoms with E-state index >= 15 is 0 Å². The molecule has 0 unspecified atom stereocenters. The second-order valence-electron chi connectivity index (χ2n) is 6.74. The molecule has 2 atom stereocenters. The van der Waals surface area contributed by atoms with Crippen LogP contribution in [0.1, 0.15) is 24.8 Å². The summed E-state index contributed by atoms with van der Waals surface area (Å²) in [7, 11) is 1.76. The van der Waals surface area contributed by atoms with Crippen LogP contribution in [0.2, 0.25) is 0 Å². The minimum atomic E-state index is -0.183. The number of rotatable bonds is 4. The number of carbonyl (C=O) groups excluding carboxylic acids is 2. The van der Waals surface area contributed by atoms with Gasteiger partial charge in [0.15, 0.2) is 0 Å². The number of piperidine rings is 1. The SMILES string of the molecule is CN1C[C@H](C(=O)N[C@H]2CCCN(Cc3ccccc3)C2)CC1=O. The molecule has 0 aliphatic carbocycles. The van der Waals surface area contributed by atoms with Gasteiger partial charge in [0.25, 0.3) is 0 Å². The number of likely N-dealkylation sites (tertiary alicyclic amines) is 2. The van der Waals surface area contributed by atoms with Crippen molar-refractivity contribution in [1.29, 1.82) is 0 Å². The average Bonchev–Trinajstić information content (AvgIpc) is 2.88. The second kappa shape index (κ2) is 7.13. The highest BCUT2D eigenvalue weighted by Gasteiger charge is 2.33. The highest BCUT2D eigenvalue weighted by Crippen LogP contribution is 2.18. The van der Waals surface area contributed by atoms with Gasteiger partial charge in [-0.25, -0.2) is 0 Å². The molecule has 3 rings (SSSR count). The number of hydrogen-bond donors (Lipinski definition) is 1. The number of nitrogens with one attached hydrogen (secondary N) is 1. The van der Waals surface area contributed by atoms with Gasteiger partial charge in [0.2, 0.25) is 11.8 Å². The zero-order valence-electron chi connectivity index (χ0n) is 13.7. The summed E-state index contributed by atoms with van der Waals surface area (Å²) in [5.74, 6) is -0.0780. The number of carbonyl (C=O) groups is 2. The van der Waals surface area contributed by atoms with Gasteiger partial charge in [-0.15, -0.1) is 0 Å². The predicted octanol–water partition coefficient (Wildman–Crippen LogP) is 1.25. The van der Waals surface area contributed by atoms with Crippen LogP contribution < -0.4 is 5.32 Å². The van der Waals surface area contributed by atoms with E-state index in [1.807, 2.05) is 6.07 Å². The zero-order valence-corrected chi connectivity index (χ0v) is 13.7. The van der Waals surface area contributed by atoms with Crippen LogP contribution in [0.5, 0.6) is 0 Å². The van der Waals surface area contributed by atoms with Crippen LogP contribution in [0.4, 0.5) is 0 Å². The van der Waals surface area contributed by atoms with Gasteiger partial charge in [0, 0.05) is 39.1 Å². The summed E-state index contributed by atoms with van der Waals surface area (Å²) >= 11 is 0. The fourth-order valence-corrected chi connectivity index (χ4v) is 3.52. The molecule has 2 aliphatic heterocycles. The maximum Gasteiger partial charge on any atom is 0.225 e. The summed E-state index contributed by atoms with van der Waals surface area (Å²) < 4.78 is 0. The first kappa shape index (κ1) is 16.0. The molecule has 1 N–H and O–H groups in total. The van der Waals surface area contributed by atoms with E-state index in [0.29, 0.717) is 13.0 Å². The maximum atomic E-state index is 12.4. The van der Waals surface area contributed by atoms with Crippen molar-refractivity contribution in [2.75, 3.05) is 26.7 Å². The Bertz CT molecular complexity index is 561. The van der Waals surface area contributed by atoms with Gasteiger partial charge >= 0.3 is 0 Å². The summed E-state index contributed by atoms with van der Waals surface area (Å²) in [5, 5.41) is 3.16. The smallest absolute Gasteiger partial charge is 0.225 e. The maximum absolute atomic E-state index is 12.4. The lowest BCUT2D eigenvalue weighted by atomic mass is 10.0. The highest BCUT2D eigenvalue weighted by molar-refractivity contribution is 5.89. The third-order valence-corrected chi connectivity index (χ3v) is 4.81. The van der Waals surface area contributed by atoms with Crippen molar-refractivity contribution in [2.24, 2.45) is 5.92 Å². The van der Waals surface area contributed by atoms with E-state index in [0.717, 1.165) is 32.5 Å². The van der Waals surface area contributed by atoms with Crippen molar-refractivity contribution in [3.05, 3.63) is 35.9 Å². The summed E-state index contributed by atoms with van der Waals surface area (Å²) in [4.78, 5) is 28.0. The largest absolute Gasteiger partial charge is 0.352 e. The molecule has 0 aromatic heterocycles. The molecule has 2 fully saturated rings. The molecule has 2 aliphatic rings. The number of nitrogens with zero attached hydrogens (tertiary/aromatic N) is 2. The number of hydrogen-bond acceptors (Lipinski definition) is 3. The second-order valence-corrected chi connectivity index (χ2v) is 6.74. The Morgan fingerprint density at radius 3 is 2.74 bits per heavy atom. The van der Waals surface area contributed by atoms with E-state index < -0.39 is 0 Å². The van der Waals surface area contributed by atoms with E-state index in [1.54, 1.807) is 11.9 Å². The van der Waals surface area contributed by atoms with Gasteiger partial charge in [-0.05, 0) is 24.9 Å². The van der Waals surface area contributed by atoms with Crippen LogP contribution in [0.25, 0.3) is 0 Å². The van der Waals surface area contributed by atoms with E-state index in [2.05, 4.69) is 34.5 Å². The van der Waals surface area contributed by atoms with E-state index in [1.165, 1.54) is 5.56 Å². The zero-order chi connectivity index (χ0) is 16.2. The normalized spacial score (nSPS) is 25.6. The Morgan fingerprint density at radius 2 is 2.04 bits per heavy atom. The minimum Gasteiger partial charge on any atom is -0.352 e. The Labute approximate surface area is 137 Å². The Hall–Kier alpha value is -1.88. The molecule has 2 amide bonds. The molecular formula is C18H25N3O2. The molecular weight excluding hydrogens is 290 g/mol. The van der Waals surface area contributed by atoms with E-state index in [-0.39, 0.29) is 23.8 Å². The summed E-state index contributed by atoms with van der Waals surface area (Å²) in [5.41, 5.74) is 1.31. The predicted molar refractivity (Wildman–Crippen MR) is 88.6 cm³/mol. The molecule has 23 heavy (non-hydrogen) atoms. The lowest BCUT2D eigenvalue weighted by Gasteiger charge is -2.33. The van der Waals surface area contributed by atoms with Crippen LogP contribution in [-0.4, -0.2) is 54.3 Å². The van der Waals surface area contributed by atoms with Crippen LogP contribution in [0, 0.1) is 5.92 Å². The highest BCUT2D eigenvalue weighted by atomic mass is 16.2. The number of benzene rings is 1. The van der Waals surface area contributed by atoms with E-state index in [4.69, 9.17) is 0 Å². The molecule has 5 heteroatoms. The van der Waals surface area contributed by atoms with Crippen molar-refractivity contribution >= 4 is 11.8 Å². The molecule has 0 bridgehead atoms. The molecule has 1 aromatic carbocycles. The first-order valence-corrected chi connectivity index (χ1v) is 8.42.